The van der Waals surface area contributed by atoms with Crippen LogP contribution in [0.25, 0.3) is 0 Å². The minimum Gasteiger partial charge on any atom is -0.497 e. The molecule has 4 nitrogen and oxygen atoms in total. The molecule has 2 N–H and O–H groups in total. The van der Waals surface area contributed by atoms with Crippen molar-refractivity contribution in [1.82, 2.24) is 4.98 Å². The second-order valence-corrected chi connectivity index (χ2v) is 3.66. The Kier molecular flexibility index (Phi) is 3.14. The predicted octanol–water partition coefficient (Wildman–Crippen LogP) is 2.77. The highest BCUT2D eigenvalue weighted by molar-refractivity contribution is 5.46. The van der Waals surface area contributed by atoms with E-state index in [9.17, 15) is 0 Å². The van der Waals surface area contributed by atoms with Gasteiger partial charge in [0.05, 0.1) is 19.0 Å². The number of anilines is 1. The van der Waals surface area contributed by atoms with Crippen molar-refractivity contribution in [2.75, 3.05) is 12.8 Å². The maximum atomic E-state index is 5.69. The number of pyridine rings is 1. The van der Waals surface area contributed by atoms with Crippen molar-refractivity contribution < 1.29 is 9.47 Å². The monoisotopic (exact) mass is 230 g/mol. The molecule has 0 amide bonds. The van der Waals surface area contributed by atoms with E-state index in [1.807, 2.05) is 31.2 Å². The van der Waals surface area contributed by atoms with Crippen LogP contribution < -0.4 is 15.2 Å². The number of nitrogens with two attached hydrogens (primary N) is 1. The number of nitrogen functional groups attached to an aromatic ring is 1. The lowest BCUT2D eigenvalue weighted by atomic mass is 10.2. The third kappa shape index (κ3) is 2.66. The molecular formula is C13H14N2O2. The van der Waals surface area contributed by atoms with Gasteiger partial charge in [-0.25, -0.2) is 4.98 Å². The Balaban J connectivity index is 2.16. The predicted molar refractivity (Wildman–Crippen MR) is 66.5 cm³/mol. The molecule has 2 aromatic rings. The van der Waals surface area contributed by atoms with Crippen molar-refractivity contribution in [3.8, 4) is 17.4 Å². The highest BCUT2D eigenvalue weighted by Crippen LogP contribution is 2.23. The van der Waals surface area contributed by atoms with Crippen LogP contribution in [0.2, 0.25) is 0 Å². The van der Waals surface area contributed by atoms with Crippen molar-refractivity contribution in [1.29, 1.82) is 0 Å². The second kappa shape index (κ2) is 4.74. The minimum atomic E-state index is 0.530. The first-order valence-corrected chi connectivity index (χ1v) is 5.23. The fourth-order valence-corrected chi connectivity index (χ4v) is 1.36. The van der Waals surface area contributed by atoms with Crippen LogP contribution in [0, 0.1) is 6.92 Å². The van der Waals surface area contributed by atoms with Gasteiger partial charge in [0, 0.05) is 6.07 Å². The molecule has 0 saturated carbocycles. The van der Waals surface area contributed by atoms with E-state index in [0.29, 0.717) is 17.3 Å². The van der Waals surface area contributed by atoms with Crippen molar-refractivity contribution in [2.24, 2.45) is 0 Å². The fourth-order valence-electron chi connectivity index (χ4n) is 1.36. The van der Waals surface area contributed by atoms with Crippen molar-refractivity contribution in [2.45, 2.75) is 6.92 Å². The number of aromatic nitrogens is 1. The topological polar surface area (TPSA) is 57.4 Å². The summed E-state index contributed by atoms with van der Waals surface area (Å²) >= 11 is 0. The van der Waals surface area contributed by atoms with Crippen LogP contribution in [0.1, 0.15) is 5.56 Å². The molecule has 0 aliphatic carbocycles. The summed E-state index contributed by atoms with van der Waals surface area (Å²) in [6.45, 7) is 1.91. The Hall–Kier alpha value is -2.23. The maximum Gasteiger partial charge on any atom is 0.219 e. The molecule has 0 aliphatic heterocycles. The minimum absolute atomic E-state index is 0.530. The summed E-state index contributed by atoms with van der Waals surface area (Å²) in [4.78, 5) is 4.10. The Labute approximate surface area is 100 Å². The van der Waals surface area contributed by atoms with E-state index < -0.39 is 0 Å². The number of rotatable bonds is 3. The third-order valence-corrected chi connectivity index (χ3v) is 2.41. The van der Waals surface area contributed by atoms with Gasteiger partial charge >= 0.3 is 0 Å². The van der Waals surface area contributed by atoms with E-state index in [1.165, 1.54) is 0 Å². The highest BCUT2D eigenvalue weighted by Gasteiger charge is 2.01. The average Bonchev–Trinajstić information content (AvgIpc) is 2.35. The molecule has 1 aromatic heterocycles. The van der Waals surface area contributed by atoms with E-state index in [2.05, 4.69) is 4.98 Å². The van der Waals surface area contributed by atoms with Gasteiger partial charge in [0.2, 0.25) is 5.88 Å². The zero-order chi connectivity index (χ0) is 12.3. The lowest BCUT2D eigenvalue weighted by Gasteiger charge is -2.07. The molecule has 0 unspecified atom stereocenters. The number of hydrogen-bond donors (Lipinski definition) is 1. The van der Waals surface area contributed by atoms with Gasteiger partial charge in [-0.2, -0.15) is 0 Å². The first kappa shape index (κ1) is 11.3. The molecule has 17 heavy (non-hydrogen) atoms. The van der Waals surface area contributed by atoms with Crippen LogP contribution in [0.15, 0.2) is 36.5 Å². The average molecular weight is 230 g/mol. The molecule has 1 heterocycles. The molecule has 0 bridgehead atoms. The van der Waals surface area contributed by atoms with E-state index in [0.717, 1.165) is 11.3 Å². The number of benzene rings is 1. The zero-order valence-corrected chi connectivity index (χ0v) is 9.81. The van der Waals surface area contributed by atoms with Gasteiger partial charge in [0.25, 0.3) is 0 Å². The first-order chi connectivity index (χ1) is 8.19. The van der Waals surface area contributed by atoms with Gasteiger partial charge < -0.3 is 15.2 Å². The Bertz CT molecular complexity index is 509. The largest absolute Gasteiger partial charge is 0.497 e. The summed E-state index contributed by atoms with van der Waals surface area (Å²) in [5, 5.41) is 0. The van der Waals surface area contributed by atoms with Crippen molar-refractivity contribution in [3.05, 3.63) is 42.1 Å². The molecule has 0 fully saturated rings. The van der Waals surface area contributed by atoms with Gasteiger partial charge in [-0.05, 0) is 36.8 Å². The summed E-state index contributed by atoms with van der Waals surface area (Å²) in [6.07, 6.45) is 1.59. The molecule has 88 valence electrons. The summed E-state index contributed by atoms with van der Waals surface area (Å²) in [5.74, 6) is 2.03. The molecule has 2 rings (SSSR count). The van der Waals surface area contributed by atoms with Crippen LogP contribution in [0.3, 0.4) is 0 Å². The van der Waals surface area contributed by atoms with Crippen molar-refractivity contribution in [3.63, 3.8) is 0 Å². The zero-order valence-electron chi connectivity index (χ0n) is 9.81. The molecule has 1 aromatic carbocycles. The quantitative estimate of drug-likeness (QED) is 0.880. The first-order valence-electron chi connectivity index (χ1n) is 5.23. The number of ether oxygens (including phenoxy) is 2. The Morgan fingerprint density at radius 1 is 1.12 bits per heavy atom. The summed E-state index contributed by atoms with van der Waals surface area (Å²) in [7, 11) is 1.63. The van der Waals surface area contributed by atoms with Crippen LogP contribution in [0.5, 0.6) is 17.4 Å². The standard InChI is InChI=1S/C13H14N2O2/c1-9-7-13(15-8-12(9)14)17-11-5-3-10(16-2)4-6-11/h3-8H,14H2,1-2H3. The third-order valence-electron chi connectivity index (χ3n) is 2.41. The Morgan fingerprint density at radius 3 is 2.35 bits per heavy atom. The summed E-state index contributed by atoms with van der Waals surface area (Å²) < 4.78 is 10.7. The fraction of sp³-hybridized carbons (Fsp3) is 0.154. The van der Waals surface area contributed by atoms with Crippen LogP contribution >= 0.6 is 0 Å². The molecule has 0 atom stereocenters. The smallest absolute Gasteiger partial charge is 0.219 e. The highest BCUT2D eigenvalue weighted by atomic mass is 16.5. The molecule has 0 radical (unpaired) electrons. The SMILES string of the molecule is COc1ccc(Oc2cc(C)c(N)cn2)cc1. The van der Waals surface area contributed by atoms with E-state index in [1.54, 1.807) is 19.4 Å². The lowest BCUT2D eigenvalue weighted by molar-refractivity contribution is 0.412. The van der Waals surface area contributed by atoms with Crippen LogP contribution in [-0.2, 0) is 0 Å². The lowest BCUT2D eigenvalue weighted by Crippen LogP contribution is -1.94. The summed E-state index contributed by atoms with van der Waals surface area (Å²) in [5.41, 5.74) is 7.29. The number of aryl methyl sites for hydroxylation is 1. The van der Waals surface area contributed by atoms with E-state index in [-0.39, 0.29) is 0 Å². The second-order valence-electron chi connectivity index (χ2n) is 3.66. The number of nitrogens with zero attached hydrogens (tertiary/aromatic N) is 1. The molecule has 0 spiro atoms. The van der Waals surface area contributed by atoms with Gasteiger partial charge in [-0.15, -0.1) is 0 Å². The maximum absolute atomic E-state index is 5.69. The van der Waals surface area contributed by atoms with Crippen LogP contribution in [0.4, 0.5) is 5.69 Å². The number of hydrogen-bond acceptors (Lipinski definition) is 4. The van der Waals surface area contributed by atoms with Gasteiger partial charge in [0.15, 0.2) is 0 Å². The molecular weight excluding hydrogens is 216 g/mol. The summed E-state index contributed by atoms with van der Waals surface area (Å²) in [6, 6.07) is 9.12. The van der Waals surface area contributed by atoms with E-state index >= 15 is 0 Å². The molecule has 0 saturated heterocycles. The Morgan fingerprint density at radius 2 is 1.76 bits per heavy atom. The number of methoxy groups -OCH3 is 1. The van der Waals surface area contributed by atoms with Gasteiger partial charge in [-0.3, -0.25) is 0 Å². The normalized spacial score (nSPS) is 10.0. The molecule has 4 heteroatoms. The van der Waals surface area contributed by atoms with Crippen molar-refractivity contribution >= 4 is 5.69 Å². The molecule has 0 aliphatic rings. The van der Waals surface area contributed by atoms with Gasteiger partial charge in [0.1, 0.15) is 11.5 Å². The van der Waals surface area contributed by atoms with E-state index in [4.69, 9.17) is 15.2 Å². The van der Waals surface area contributed by atoms with Crippen LogP contribution in [-0.4, -0.2) is 12.1 Å². The van der Waals surface area contributed by atoms with Gasteiger partial charge in [-0.1, -0.05) is 0 Å².